The highest BCUT2D eigenvalue weighted by molar-refractivity contribution is 7.93. The second-order valence-corrected chi connectivity index (χ2v) is 9.63. The molecule has 1 N–H and O–H groups in total. The standard InChI is InChI=1S/C17H22N2O5S2/c1-12-7-6-8-13(2)17(12)18-26(22,23)14-9-10-16(24-4)15(11-14)19(3)25(5,20)21/h6-11,18H,1-5H3. The topological polar surface area (TPSA) is 92.8 Å². The molecule has 0 heterocycles. The van der Waals surface area contributed by atoms with Gasteiger partial charge >= 0.3 is 0 Å². The van der Waals surface area contributed by atoms with Gasteiger partial charge in [-0.25, -0.2) is 16.8 Å². The Labute approximate surface area is 154 Å². The summed E-state index contributed by atoms with van der Waals surface area (Å²) in [7, 11) is -4.77. The highest BCUT2D eigenvalue weighted by Crippen LogP contribution is 2.32. The van der Waals surface area contributed by atoms with E-state index in [0.29, 0.717) is 5.69 Å². The number of ether oxygens (including phenoxy) is 1. The number of benzene rings is 2. The zero-order chi connectivity index (χ0) is 19.7. The van der Waals surface area contributed by atoms with Crippen LogP contribution in [0.4, 0.5) is 11.4 Å². The Morgan fingerprint density at radius 1 is 1.00 bits per heavy atom. The van der Waals surface area contributed by atoms with Crippen LogP contribution in [-0.2, 0) is 20.0 Å². The zero-order valence-electron chi connectivity index (χ0n) is 15.3. The van der Waals surface area contributed by atoms with Crippen LogP contribution in [0.3, 0.4) is 0 Å². The van der Waals surface area contributed by atoms with E-state index in [2.05, 4.69) is 4.72 Å². The highest BCUT2D eigenvalue weighted by Gasteiger charge is 2.22. The van der Waals surface area contributed by atoms with Gasteiger partial charge in [0.05, 0.1) is 29.6 Å². The summed E-state index contributed by atoms with van der Waals surface area (Å²) in [4.78, 5) is -0.0635. The average Bonchev–Trinajstić information content (AvgIpc) is 2.56. The molecular weight excluding hydrogens is 376 g/mol. The van der Waals surface area contributed by atoms with E-state index in [1.165, 1.54) is 32.4 Å². The van der Waals surface area contributed by atoms with E-state index in [-0.39, 0.29) is 16.3 Å². The lowest BCUT2D eigenvalue weighted by atomic mass is 10.1. The molecular formula is C17H22N2O5S2. The Hall–Kier alpha value is -2.26. The molecule has 0 aromatic heterocycles. The molecule has 0 aliphatic rings. The number of methoxy groups -OCH3 is 1. The fraction of sp³-hybridized carbons (Fsp3) is 0.294. The van der Waals surface area contributed by atoms with Crippen molar-refractivity contribution in [1.29, 1.82) is 0 Å². The van der Waals surface area contributed by atoms with Crippen molar-refractivity contribution >= 4 is 31.4 Å². The normalized spacial score (nSPS) is 11.9. The first-order chi connectivity index (χ1) is 12.0. The van der Waals surface area contributed by atoms with Crippen LogP contribution in [0.15, 0.2) is 41.3 Å². The predicted octanol–water partition coefficient (Wildman–Crippen LogP) is 2.51. The lowest BCUT2D eigenvalue weighted by molar-refractivity contribution is 0.415. The molecule has 0 radical (unpaired) electrons. The van der Waals surface area contributed by atoms with E-state index in [1.54, 1.807) is 0 Å². The van der Waals surface area contributed by atoms with Gasteiger partial charge in [-0.2, -0.15) is 0 Å². The van der Waals surface area contributed by atoms with E-state index in [9.17, 15) is 16.8 Å². The van der Waals surface area contributed by atoms with E-state index in [4.69, 9.17) is 4.74 Å². The summed E-state index contributed by atoms with van der Waals surface area (Å²) in [6, 6.07) is 9.53. The maximum absolute atomic E-state index is 12.8. The summed E-state index contributed by atoms with van der Waals surface area (Å²) >= 11 is 0. The van der Waals surface area contributed by atoms with Gasteiger partial charge in [0, 0.05) is 7.05 Å². The van der Waals surface area contributed by atoms with Crippen molar-refractivity contribution in [3.63, 3.8) is 0 Å². The molecule has 0 amide bonds. The van der Waals surface area contributed by atoms with Crippen molar-refractivity contribution in [3.8, 4) is 5.75 Å². The monoisotopic (exact) mass is 398 g/mol. The van der Waals surface area contributed by atoms with Gasteiger partial charge in [0.1, 0.15) is 5.75 Å². The predicted molar refractivity (Wildman–Crippen MR) is 103 cm³/mol. The van der Waals surface area contributed by atoms with Crippen LogP contribution in [0.5, 0.6) is 5.75 Å². The lowest BCUT2D eigenvalue weighted by Gasteiger charge is -2.21. The molecule has 26 heavy (non-hydrogen) atoms. The van der Waals surface area contributed by atoms with Gasteiger partial charge in [-0.15, -0.1) is 0 Å². The third kappa shape index (κ3) is 4.10. The van der Waals surface area contributed by atoms with Crippen molar-refractivity contribution in [2.45, 2.75) is 18.7 Å². The van der Waals surface area contributed by atoms with Crippen LogP contribution < -0.4 is 13.8 Å². The van der Waals surface area contributed by atoms with Crippen molar-refractivity contribution in [2.24, 2.45) is 0 Å². The quantitative estimate of drug-likeness (QED) is 0.807. The maximum atomic E-state index is 12.8. The number of aryl methyl sites for hydroxylation is 2. The van der Waals surface area contributed by atoms with Gasteiger partial charge in [-0.3, -0.25) is 9.03 Å². The summed E-state index contributed by atoms with van der Waals surface area (Å²) in [5, 5.41) is 0. The van der Waals surface area contributed by atoms with Crippen LogP contribution in [-0.4, -0.2) is 37.2 Å². The van der Waals surface area contributed by atoms with Crippen LogP contribution in [0, 0.1) is 13.8 Å². The van der Waals surface area contributed by atoms with E-state index >= 15 is 0 Å². The number of nitrogens with zero attached hydrogens (tertiary/aromatic N) is 1. The van der Waals surface area contributed by atoms with Crippen molar-refractivity contribution in [3.05, 3.63) is 47.5 Å². The molecule has 0 bridgehead atoms. The van der Waals surface area contributed by atoms with Crippen LogP contribution in [0.1, 0.15) is 11.1 Å². The summed E-state index contributed by atoms with van der Waals surface area (Å²) in [5.41, 5.74) is 2.21. The van der Waals surface area contributed by atoms with E-state index in [1.807, 2.05) is 32.0 Å². The second-order valence-electron chi connectivity index (χ2n) is 5.94. The van der Waals surface area contributed by atoms with Gasteiger partial charge < -0.3 is 4.74 Å². The number of rotatable bonds is 6. The number of para-hydroxylation sites is 1. The summed E-state index contributed by atoms with van der Waals surface area (Å²) in [6.45, 7) is 3.61. The molecule has 0 atom stereocenters. The molecule has 0 saturated carbocycles. The highest BCUT2D eigenvalue weighted by atomic mass is 32.2. The molecule has 0 spiro atoms. The zero-order valence-corrected chi connectivity index (χ0v) is 16.9. The third-order valence-corrected chi connectivity index (χ3v) is 6.55. The molecule has 2 aromatic carbocycles. The fourth-order valence-corrected chi connectivity index (χ4v) is 4.15. The molecule has 9 heteroatoms. The molecule has 0 aliphatic heterocycles. The Bertz CT molecular complexity index is 1010. The minimum atomic E-state index is -3.91. The third-order valence-electron chi connectivity index (χ3n) is 4.01. The first-order valence-corrected chi connectivity index (χ1v) is 11.0. The molecule has 2 aromatic rings. The van der Waals surface area contributed by atoms with Crippen LogP contribution in [0.25, 0.3) is 0 Å². The lowest BCUT2D eigenvalue weighted by Crippen LogP contribution is -2.25. The summed E-state index contributed by atoms with van der Waals surface area (Å²) in [6.07, 6.45) is 1.03. The Morgan fingerprint density at radius 2 is 1.58 bits per heavy atom. The van der Waals surface area contributed by atoms with Crippen molar-refractivity contribution in [2.75, 3.05) is 29.4 Å². The minimum absolute atomic E-state index is 0.0635. The Kier molecular flexibility index (Phi) is 5.52. The molecule has 142 valence electrons. The number of sulfonamides is 2. The number of nitrogens with one attached hydrogen (secondary N) is 1. The van der Waals surface area contributed by atoms with Crippen molar-refractivity contribution in [1.82, 2.24) is 0 Å². The summed E-state index contributed by atoms with van der Waals surface area (Å²) < 4.78 is 58.0. The van der Waals surface area contributed by atoms with Gasteiger partial charge in [0.15, 0.2) is 0 Å². The number of hydrogen-bond donors (Lipinski definition) is 1. The molecule has 2 rings (SSSR count). The first kappa shape index (κ1) is 20.1. The fourth-order valence-electron chi connectivity index (χ4n) is 2.43. The SMILES string of the molecule is COc1ccc(S(=O)(=O)Nc2c(C)cccc2C)cc1N(C)S(C)(=O)=O. The molecule has 7 nitrogen and oxygen atoms in total. The molecule has 0 saturated heterocycles. The summed E-state index contributed by atoms with van der Waals surface area (Å²) in [5.74, 6) is 0.254. The van der Waals surface area contributed by atoms with Crippen molar-refractivity contribution < 1.29 is 21.6 Å². The Balaban J connectivity index is 2.54. The van der Waals surface area contributed by atoms with Gasteiger partial charge in [0.2, 0.25) is 10.0 Å². The average molecular weight is 399 g/mol. The van der Waals surface area contributed by atoms with Gasteiger partial charge in [0.25, 0.3) is 10.0 Å². The molecule has 0 unspecified atom stereocenters. The van der Waals surface area contributed by atoms with E-state index in [0.717, 1.165) is 21.7 Å². The molecule has 0 aliphatic carbocycles. The maximum Gasteiger partial charge on any atom is 0.261 e. The minimum Gasteiger partial charge on any atom is -0.495 e. The second kappa shape index (κ2) is 7.16. The van der Waals surface area contributed by atoms with Gasteiger partial charge in [-0.05, 0) is 43.2 Å². The largest absolute Gasteiger partial charge is 0.495 e. The van der Waals surface area contributed by atoms with Crippen LogP contribution in [0.2, 0.25) is 0 Å². The number of anilines is 2. The van der Waals surface area contributed by atoms with Gasteiger partial charge in [-0.1, -0.05) is 18.2 Å². The first-order valence-electron chi connectivity index (χ1n) is 7.68. The number of hydrogen-bond acceptors (Lipinski definition) is 5. The molecule has 0 fully saturated rings. The Morgan fingerprint density at radius 3 is 2.08 bits per heavy atom. The smallest absolute Gasteiger partial charge is 0.261 e. The van der Waals surface area contributed by atoms with E-state index < -0.39 is 20.0 Å². The van der Waals surface area contributed by atoms with Crippen LogP contribution >= 0.6 is 0 Å².